The molecule has 1 aliphatic heterocycles. The molecule has 0 nitrogen and oxygen atoms in total. The Labute approximate surface area is 228 Å². The fourth-order valence-corrected chi connectivity index (χ4v) is 5.68. The van der Waals surface area contributed by atoms with E-state index >= 15 is 0 Å². The molecule has 188 valence electrons. The summed E-state index contributed by atoms with van der Waals surface area (Å²) in [6, 6.07) is 37.9. The second-order valence-electron chi connectivity index (χ2n) is 5.83. The van der Waals surface area contributed by atoms with Crippen molar-refractivity contribution in [2.24, 2.45) is 0 Å². The van der Waals surface area contributed by atoms with Crippen molar-refractivity contribution in [2.45, 2.75) is 84.8 Å². The van der Waals surface area contributed by atoms with E-state index in [2.05, 4.69) is 97.1 Å². The normalized spacial score (nSPS) is 9.60. The maximum atomic E-state index is 2.18. The quantitative estimate of drug-likeness (QED) is 0.226. The molecular formula is C32H42S3. The van der Waals surface area contributed by atoms with Crippen molar-refractivity contribution in [1.29, 1.82) is 0 Å². The molecule has 3 heteroatoms. The zero-order chi connectivity index (χ0) is 26.3. The Balaban J connectivity index is 0.000000517. The van der Waals surface area contributed by atoms with Crippen LogP contribution in [0.25, 0.3) is 0 Å². The van der Waals surface area contributed by atoms with Crippen LogP contribution in [-0.2, 0) is 0 Å². The fourth-order valence-electron chi connectivity index (χ4n) is 2.59. The van der Waals surface area contributed by atoms with Gasteiger partial charge < -0.3 is 0 Å². The Morgan fingerprint density at radius 3 is 0.829 bits per heavy atom. The van der Waals surface area contributed by atoms with Gasteiger partial charge in [0.2, 0.25) is 0 Å². The second-order valence-corrected chi connectivity index (χ2v) is 9.14. The summed E-state index contributed by atoms with van der Waals surface area (Å²) in [6.45, 7) is 16.0. The van der Waals surface area contributed by atoms with E-state index in [0.717, 1.165) is 0 Å². The van der Waals surface area contributed by atoms with Crippen LogP contribution in [0.15, 0.2) is 139 Å². The zero-order valence-electron chi connectivity index (χ0n) is 22.6. The van der Waals surface area contributed by atoms with Gasteiger partial charge in [-0.05, 0) is 48.5 Å². The van der Waals surface area contributed by atoms with Crippen LogP contribution in [0.5, 0.6) is 0 Å². The number of benzene rings is 4. The van der Waals surface area contributed by atoms with Crippen LogP contribution in [0.4, 0.5) is 0 Å². The van der Waals surface area contributed by atoms with Gasteiger partial charge in [0.25, 0.3) is 0 Å². The van der Waals surface area contributed by atoms with Gasteiger partial charge in [0.1, 0.15) is 0 Å². The van der Waals surface area contributed by atoms with Crippen molar-refractivity contribution in [1.82, 2.24) is 0 Å². The molecule has 1 aliphatic rings. The summed E-state index contributed by atoms with van der Waals surface area (Å²) in [4.78, 5) is 8.06. The number of hydrogen-bond donors (Lipinski definition) is 0. The van der Waals surface area contributed by atoms with E-state index in [1.165, 1.54) is 29.4 Å². The summed E-state index contributed by atoms with van der Waals surface area (Å²) in [5.41, 5.74) is 0. The predicted molar refractivity (Wildman–Crippen MR) is 164 cm³/mol. The van der Waals surface area contributed by atoms with E-state index in [4.69, 9.17) is 0 Å². The molecule has 0 radical (unpaired) electrons. The molecule has 4 aromatic carbocycles. The van der Waals surface area contributed by atoms with Crippen LogP contribution in [0, 0.1) is 0 Å². The van der Waals surface area contributed by atoms with Crippen LogP contribution >= 0.6 is 35.3 Å². The molecule has 0 aromatic heterocycles. The summed E-state index contributed by atoms with van der Waals surface area (Å²) in [6.07, 6.45) is 0. The molecule has 4 aromatic rings. The molecule has 0 saturated heterocycles. The van der Waals surface area contributed by atoms with Gasteiger partial charge in [-0.25, -0.2) is 0 Å². The number of rotatable bonds is 2. The molecule has 0 N–H and O–H groups in total. The maximum Gasteiger partial charge on any atom is 0.0262 e. The third kappa shape index (κ3) is 12.5. The highest BCUT2D eigenvalue weighted by Crippen LogP contribution is 2.47. The zero-order valence-corrected chi connectivity index (χ0v) is 25.1. The molecule has 35 heavy (non-hydrogen) atoms. The summed E-state index contributed by atoms with van der Waals surface area (Å²) in [5, 5.41) is 0. The first-order chi connectivity index (χ1) is 17.4. The first kappa shape index (κ1) is 32.9. The first-order valence-corrected chi connectivity index (χ1v) is 15.2. The molecular weight excluding hydrogens is 481 g/mol. The van der Waals surface area contributed by atoms with E-state index in [1.807, 2.05) is 91.0 Å². The highest BCUT2D eigenvalue weighted by molar-refractivity contribution is 8.05. The van der Waals surface area contributed by atoms with Gasteiger partial charge in [0, 0.05) is 29.4 Å². The Bertz CT molecular complexity index is 874. The van der Waals surface area contributed by atoms with Crippen molar-refractivity contribution >= 4 is 35.3 Å². The minimum Gasteiger partial charge on any atom is -0.0901 e. The summed E-state index contributed by atoms with van der Waals surface area (Å²) in [7, 11) is 0. The Morgan fingerprint density at radius 2 is 0.571 bits per heavy atom. The average Bonchev–Trinajstić information content (AvgIpc) is 2.98. The van der Waals surface area contributed by atoms with Crippen LogP contribution in [0.2, 0.25) is 0 Å². The monoisotopic (exact) mass is 522 g/mol. The summed E-state index contributed by atoms with van der Waals surface area (Å²) < 4.78 is 0. The lowest BCUT2D eigenvalue weighted by Crippen LogP contribution is -1.87. The standard InChI is InChI=1S/C12H8S2.C12H10S.4C2H6/c1-2-6-10-9(5-1)13-11-7-3-4-8-12(11)14-10;1-3-7-11(8-4-1)13-12-9-5-2-6-10-12;4*1-2/h1-8H;1-10H;4*1-2H3. The molecule has 0 atom stereocenters. The van der Waals surface area contributed by atoms with Gasteiger partial charge in [-0.15, -0.1) is 0 Å². The molecule has 0 fully saturated rings. The van der Waals surface area contributed by atoms with Crippen LogP contribution in [-0.4, -0.2) is 0 Å². The average molecular weight is 523 g/mol. The molecule has 0 spiro atoms. The van der Waals surface area contributed by atoms with E-state index in [-0.39, 0.29) is 0 Å². The molecule has 0 unspecified atom stereocenters. The topological polar surface area (TPSA) is 0 Å². The summed E-state index contributed by atoms with van der Waals surface area (Å²) in [5.74, 6) is 0. The maximum absolute atomic E-state index is 2.18. The Morgan fingerprint density at radius 1 is 0.343 bits per heavy atom. The van der Waals surface area contributed by atoms with Gasteiger partial charge in [-0.2, -0.15) is 0 Å². The van der Waals surface area contributed by atoms with Crippen molar-refractivity contribution in [3.05, 3.63) is 109 Å². The number of fused-ring (bicyclic) bond motifs is 2. The predicted octanol–water partition coefficient (Wildman–Crippen LogP) is 12.2. The minimum atomic E-state index is 1.29. The van der Waals surface area contributed by atoms with E-state index in [9.17, 15) is 0 Å². The van der Waals surface area contributed by atoms with Gasteiger partial charge in [-0.3, -0.25) is 0 Å². The molecule has 0 saturated carbocycles. The van der Waals surface area contributed by atoms with Crippen molar-refractivity contribution < 1.29 is 0 Å². The van der Waals surface area contributed by atoms with Crippen molar-refractivity contribution in [3.63, 3.8) is 0 Å². The lowest BCUT2D eigenvalue weighted by atomic mass is 10.3. The van der Waals surface area contributed by atoms with Crippen LogP contribution in [0.3, 0.4) is 0 Å². The lowest BCUT2D eigenvalue weighted by Gasteiger charge is -2.17. The SMILES string of the molecule is CC.CC.CC.CC.c1ccc(Sc2ccccc2)cc1.c1ccc2c(c1)Sc1ccccc1S2. The molecule has 5 rings (SSSR count). The lowest BCUT2D eigenvalue weighted by molar-refractivity contribution is 1.16. The number of hydrogen-bond acceptors (Lipinski definition) is 3. The molecule has 1 heterocycles. The minimum absolute atomic E-state index is 1.29. The van der Waals surface area contributed by atoms with Gasteiger partial charge in [0.05, 0.1) is 0 Å². The van der Waals surface area contributed by atoms with Crippen LogP contribution < -0.4 is 0 Å². The van der Waals surface area contributed by atoms with Crippen molar-refractivity contribution in [3.8, 4) is 0 Å². The van der Waals surface area contributed by atoms with Crippen LogP contribution in [0.1, 0.15) is 55.4 Å². The smallest absolute Gasteiger partial charge is 0.0262 e. The molecule has 0 aliphatic carbocycles. The van der Waals surface area contributed by atoms with E-state index < -0.39 is 0 Å². The first-order valence-electron chi connectivity index (χ1n) is 12.7. The Hall–Kier alpha value is -2.07. The van der Waals surface area contributed by atoms with Gasteiger partial charge in [0.15, 0.2) is 0 Å². The molecule has 0 bridgehead atoms. The second kappa shape index (κ2) is 22.4. The molecule has 0 amide bonds. The fraction of sp³-hybridized carbons (Fsp3) is 0.250. The summed E-state index contributed by atoms with van der Waals surface area (Å²) >= 11 is 5.51. The van der Waals surface area contributed by atoms with E-state index in [0.29, 0.717) is 0 Å². The van der Waals surface area contributed by atoms with Crippen molar-refractivity contribution in [2.75, 3.05) is 0 Å². The van der Waals surface area contributed by atoms with Gasteiger partial charge in [-0.1, -0.05) is 151 Å². The van der Waals surface area contributed by atoms with E-state index in [1.54, 1.807) is 11.8 Å². The largest absolute Gasteiger partial charge is 0.0901 e. The third-order valence-electron chi connectivity index (χ3n) is 3.86. The highest BCUT2D eigenvalue weighted by Gasteiger charge is 2.14. The highest BCUT2D eigenvalue weighted by atomic mass is 32.2. The van der Waals surface area contributed by atoms with Gasteiger partial charge >= 0.3 is 0 Å². The Kier molecular flexibility index (Phi) is 21.1. The third-order valence-corrected chi connectivity index (χ3v) is 7.44.